The number of benzene rings is 2. The van der Waals surface area contributed by atoms with E-state index in [0.29, 0.717) is 28.1 Å². The number of nitrogens with zero attached hydrogens (tertiary/aromatic N) is 2. The van der Waals surface area contributed by atoms with Crippen molar-refractivity contribution in [2.24, 2.45) is 0 Å². The second-order valence-electron chi connectivity index (χ2n) is 6.57. The normalized spacial score (nSPS) is 11.4. The molecule has 1 atom stereocenters. The number of carbonyl (C=O) groups is 2. The summed E-state index contributed by atoms with van der Waals surface area (Å²) in [6, 6.07) is 15.8. The number of esters is 2. The number of carbonyl (C=O) groups excluding carboxylic acids is 2. The predicted octanol–water partition coefficient (Wildman–Crippen LogP) is 3.71. The van der Waals surface area contributed by atoms with Gasteiger partial charge in [0.25, 0.3) is 0 Å². The Kier molecular flexibility index (Phi) is 6.28. The first-order chi connectivity index (χ1) is 14.4. The lowest BCUT2D eigenvalue weighted by atomic mass is 10.0. The molecule has 1 heterocycles. The minimum absolute atomic E-state index is 0.198. The van der Waals surface area contributed by atoms with Crippen molar-refractivity contribution in [2.45, 2.75) is 26.6 Å². The number of hydrogen-bond acceptors (Lipinski definition) is 7. The molecule has 0 bridgehead atoms. The van der Waals surface area contributed by atoms with E-state index in [-0.39, 0.29) is 12.2 Å². The van der Waals surface area contributed by atoms with Gasteiger partial charge in [0.1, 0.15) is 12.4 Å². The van der Waals surface area contributed by atoms with E-state index in [0.717, 1.165) is 5.39 Å². The molecule has 3 aromatic rings. The lowest BCUT2D eigenvalue weighted by Crippen LogP contribution is -2.26. The Morgan fingerprint density at radius 1 is 1.13 bits per heavy atom. The Morgan fingerprint density at radius 2 is 1.83 bits per heavy atom. The maximum Gasteiger partial charge on any atom is 0.347 e. The Balaban J connectivity index is 1.77. The van der Waals surface area contributed by atoms with Crippen LogP contribution >= 0.6 is 0 Å². The summed E-state index contributed by atoms with van der Waals surface area (Å²) in [4.78, 5) is 29.2. The summed E-state index contributed by atoms with van der Waals surface area (Å²) in [5, 5.41) is 9.66. The molecule has 152 valence electrons. The van der Waals surface area contributed by atoms with E-state index < -0.39 is 18.0 Å². The molecule has 0 spiro atoms. The highest BCUT2D eigenvalue weighted by atomic mass is 16.6. The highest BCUT2D eigenvalue weighted by Gasteiger charge is 2.22. The second-order valence-corrected chi connectivity index (χ2v) is 6.57. The number of rotatable bonds is 6. The first kappa shape index (κ1) is 20.8. The number of aromatic nitrogens is 1. The minimum atomic E-state index is -0.888. The highest BCUT2D eigenvalue weighted by Crippen LogP contribution is 2.24. The zero-order valence-corrected chi connectivity index (χ0v) is 16.8. The predicted molar refractivity (Wildman–Crippen MR) is 109 cm³/mol. The molecule has 0 fully saturated rings. The molecule has 7 heteroatoms. The average molecular weight is 404 g/mol. The Morgan fingerprint density at radius 3 is 2.50 bits per heavy atom. The number of methoxy groups -OCH3 is 1. The molecular weight excluding hydrogens is 384 g/mol. The first-order valence-electron chi connectivity index (χ1n) is 9.24. The summed E-state index contributed by atoms with van der Waals surface area (Å²) in [6.45, 7) is 3.16. The van der Waals surface area contributed by atoms with Gasteiger partial charge in [0, 0.05) is 5.39 Å². The molecular formula is C23H20N2O5. The number of para-hydroxylation sites is 1. The lowest BCUT2D eigenvalue weighted by molar-refractivity contribution is -0.152. The van der Waals surface area contributed by atoms with Gasteiger partial charge < -0.3 is 14.2 Å². The van der Waals surface area contributed by atoms with E-state index in [1.54, 1.807) is 38.1 Å². The summed E-state index contributed by atoms with van der Waals surface area (Å²) in [5.41, 5.74) is 2.49. The molecule has 30 heavy (non-hydrogen) atoms. The SMILES string of the molecule is COC(=O)c1c(COC(=O)[C@H](C)Oc2ccc(C#N)cc2)nc2ccccc2c1C. The van der Waals surface area contributed by atoms with Gasteiger partial charge in [0.05, 0.1) is 35.5 Å². The molecule has 0 aliphatic carbocycles. The van der Waals surface area contributed by atoms with E-state index in [1.807, 2.05) is 30.3 Å². The van der Waals surface area contributed by atoms with Crippen LogP contribution in [0.4, 0.5) is 0 Å². The van der Waals surface area contributed by atoms with Gasteiger partial charge in [-0.1, -0.05) is 18.2 Å². The van der Waals surface area contributed by atoms with Crippen molar-refractivity contribution >= 4 is 22.8 Å². The quantitative estimate of drug-likeness (QED) is 0.578. The molecule has 0 saturated heterocycles. The van der Waals surface area contributed by atoms with Crippen LogP contribution in [0.2, 0.25) is 0 Å². The van der Waals surface area contributed by atoms with Gasteiger partial charge in [0.2, 0.25) is 0 Å². The first-order valence-corrected chi connectivity index (χ1v) is 9.24. The fourth-order valence-electron chi connectivity index (χ4n) is 3.04. The van der Waals surface area contributed by atoms with Gasteiger partial charge in [0.15, 0.2) is 6.10 Å². The minimum Gasteiger partial charge on any atom is -0.479 e. The number of fused-ring (bicyclic) bond motifs is 1. The van der Waals surface area contributed by atoms with Gasteiger partial charge in [-0.15, -0.1) is 0 Å². The molecule has 0 unspecified atom stereocenters. The third kappa shape index (κ3) is 4.39. The van der Waals surface area contributed by atoms with Crippen molar-refractivity contribution in [3.05, 3.63) is 70.9 Å². The van der Waals surface area contributed by atoms with Gasteiger partial charge >= 0.3 is 11.9 Å². The third-order valence-electron chi connectivity index (χ3n) is 4.60. The summed E-state index contributed by atoms with van der Waals surface area (Å²) in [5.74, 6) is -0.713. The summed E-state index contributed by atoms with van der Waals surface area (Å²) in [6.07, 6.45) is -0.888. The Hall–Kier alpha value is -3.92. The van der Waals surface area contributed by atoms with Gasteiger partial charge in [-0.2, -0.15) is 5.26 Å². The largest absolute Gasteiger partial charge is 0.479 e. The molecule has 0 amide bonds. The van der Waals surface area contributed by atoms with E-state index in [2.05, 4.69) is 4.98 Å². The maximum absolute atomic E-state index is 12.4. The Labute approximate surface area is 173 Å². The van der Waals surface area contributed by atoms with Crippen LogP contribution in [0.5, 0.6) is 5.75 Å². The second kappa shape index (κ2) is 9.05. The van der Waals surface area contributed by atoms with Crippen LogP contribution in [-0.4, -0.2) is 30.1 Å². The molecule has 7 nitrogen and oxygen atoms in total. The van der Waals surface area contributed by atoms with Gasteiger partial charge in [-0.05, 0) is 49.7 Å². The van der Waals surface area contributed by atoms with Crippen LogP contribution in [0, 0.1) is 18.3 Å². The fourth-order valence-corrected chi connectivity index (χ4v) is 3.04. The molecule has 0 aliphatic rings. The number of pyridine rings is 1. The highest BCUT2D eigenvalue weighted by molar-refractivity contribution is 5.98. The van der Waals surface area contributed by atoms with Crippen molar-refractivity contribution in [1.82, 2.24) is 4.98 Å². The van der Waals surface area contributed by atoms with Gasteiger partial charge in [-0.3, -0.25) is 0 Å². The van der Waals surface area contributed by atoms with Crippen LogP contribution in [0.3, 0.4) is 0 Å². The maximum atomic E-state index is 12.4. The van der Waals surface area contributed by atoms with Crippen molar-refractivity contribution in [1.29, 1.82) is 5.26 Å². The zero-order valence-electron chi connectivity index (χ0n) is 16.8. The van der Waals surface area contributed by atoms with Crippen molar-refractivity contribution in [3.63, 3.8) is 0 Å². The van der Waals surface area contributed by atoms with Crippen molar-refractivity contribution < 1.29 is 23.8 Å². The summed E-state index contributed by atoms with van der Waals surface area (Å²) < 4.78 is 15.8. The van der Waals surface area contributed by atoms with E-state index in [4.69, 9.17) is 19.5 Å². The summed E-state index contributed by atoms with van der Waals surface area (Å²) in [7, 11) is 1.29. The molecule has 2 aromatic carbocycles. The monoisotopic (exact) mass is 404 g/mol. The molecule has 0 aliphatic heterocycles. The van der Waals surface area contributed by atoms with E-state index >= 15 is 0 Å². The molecule has 0 saturated carbocycles. The summed E-state index contributed by atoms with van der Waals surface area (Å²) >= 11 is 0. The topological polar surface area (TPSA) is 98.5 Å². The lowest BCUT2D eigenvalue weighted by Gasteiger charge is -2.16. The van der Waals surface area contributed by atoms with Crippen molar-refractivity contribution in [2.75, 3.05) is 7.11 Å². The number of aryl methyl sites for hydroxylation is 1. The standard InChI is InChI=1S/C23H20N2O5/c1-14-18-6-4-5-7-19(18)25-20(21(14)23(27)28-3)13-29-22(26)15(2)30-17-10-8-16(12-24)9-11-17/h4-11,15H,13H2,1-3H3/t15-/m0/s1. The Bertz CT molecular complexity index is 1130. The third-order valence-corrected chi connectivity index (χ3v) is 4.60. The van der Waals surface area contributed by atoms with Gasteiger partial charge in [-0.25, -0.2) is 14.6 Å². The number of ether oxygens (including phenoxy) is 3. The molecule has 3 rings (SSSR count). The van der Waals surface area contributed by atoms with Crippen LogP contribution in [0.15, 0.2) is 48.5 Å². The van der Waals surface area contributed by atoms with Crippen LogP contribution in [-0.2, 0) is 20.9 Å². The molecule has 0 radical (unpaired) electrons. The van der Waals surface area contributed by atoms with Crippen LogP contribution in [0.25, 0.3) is 10.9 Å². The molecule has 1 aromatic heterocycles. The fraction of sp³-hybridized carbons (Fsp3) is 0.217. The van der Waals surface area contributed by atoms with Crippen LogP contribution < -0.4 is 4.74 Å². The van der Waals surface area contributed by atoms with Crippen LogP contribution in [0.1, 0.15) is 34.1 Å². The smallest absolute Gasteiger partial charge is 0.347 e. The zero-order chi connectivity index (χ0) is 21.7. The van der Waals surface area contributed by atoms with E-state index in [1.165, 1.54) is 7.11 Å². The average Bonchev–Trinajstić information content (AvgIpc) is 2.77. The van der Waals surface area contributed by atoms with Crippen molar-refractivity contribution in [3.8, 4) is 11.8 Å². The van der Waals surface area contributed by atoms with E-state index in [9.17, 15) is 9.59 Å². The number of nitriles is 1. The number of hydrogen-bond donors (Lipinski definition) is 0. The molecule has 0 N–H and O–H groups in total.